The first-order valence-corrected chi connectivity index (χ1v) is 11.3. The SMILES string of the molecule is CC(=O)Nc1ccc(S(=O)(=O)NCCCN2CCN(c3ccccc3)CC2)cc1. The van der Waals surface area contributed by atoms with E-state index in [9.17, 15) is 13.2 Å². The zero-order valence-corrected chi connectivity index (χ0v) is 17.5. The fourth-order valence-corrected chi connectivity index (χ4v) is 4.46. The Morgan fingerprint density at radius 2 is 1.62 bits per heavy atom. The van der Waals surface area contributed by atoms with Crippen molar-refractivity contribution in [2.75, 3.05) is 49.5 Å². The van der Waals surface area contributed by atoms with E-state index >= 15 is 0 Å². The van der Waals surface area contributed by atoms with Crippen molar-refractivity contribution in [3.8, 4) is 0 Å². The molecule has 0 spiro atoms. The maximum absolute atomic E-state index is 12.4. The molecule has 1 aliphatic rings. The Morgan fingerprint density at radius 1 is 0.966 bits per heavy atom. The summed E-state index contributed by atoms with van der Waals surface area (Å²) in [6, 6.07) is 16.6. The Hall–Kier alpha value is -2.42. The first kappa shape index (κ1) is 21.3. The second-order valence-electron chi connectivity index (χ2n) is 7.12. The van der Waals surface area contributed by atoms with Crippen molar-refractivity contribution in [2.24, 2.45) is 0 Å². The molecule has 7 nitrogen and oxygen atoms in total. The zero-order chi connectivity index (χ0) is 20.7. The van der Waals surface area contributed by atoms with Gasteiger partial charge in [0.25, 0.3) is 0 Å². The van der Waals surface area contributed by atoms with Crippen LogP contribution in [0.1, 0.15) is 13.3 Å². The Labute approximate surface area is 172 Å². The molecule has 0 bridgehead atoms. The highest BCUT2D eigenvalue weighted by Gasteiger charge is 2.17. The number of benzene rings is 2. The number of carbonyl (C=O) groups is 1. The molecule has 1 amide bonds. The Kier molecular flexibility index (Phi) is 7.24. The molecule has 2 aromatic rings. The van der Waals surface area contributed by atoms with Crippen molar-refractivity contribution in [3.63, 3.8) is 0 Å². The lowest BCUT2D eigenvalue weighted by molar-refractivity contribution is -0.114. The number of nitrogens with one attached hydrogen (secondary N) is 2. The number of piperazine rings is 1. The van der Waals surface area contributed by atoms with Crippen molar-refractivity contribution in [1.82, 2.24) is 9.62 Å². The molecule has 0 atom stereocenters. The summed E-state index contributed by atoms with van der Waals surface area (Å²) >= 11 is 0. The summed E-state index contributed by atoms with van der Waals surface area (Å²) in [6.07, 6.45) is 0.758. The molecule has 3 rings (SSSR count). The van der Waals surface area contributed by atoms with Gasteiger partial charge in [0.2, 0.25) is 15.9 Å². The lowest BCUT2D eigenvalue weighted by Gasteiger charge is -2.36. The molecular formula is C21H28N4O3S. The lowest BCUT2D eigenvalue weighted by Crippen LogP contribution is -2.47. The number of hydrogen-bond donors (Lipinski definition) is 2. The van der Waals surface area contributed by atoms with Crippen molar-refractivity contribution in [2.45, 2.75) is 18.2 Å². The van der Waals surface area contributed by atoms with Crippen LogP contribution >= 0.6 is 0 Å². The van der Waals surface area contributed by atoms with Crippen LogP contribution in [0.25, 0.3) is 0 Å². The Morgan fingerprint density at radius 3 is 2.24 bits per heavy atom. The van der Waals surface area contributed by atoms with Gasteiger partial charge in [-0.1, -0.05) is 18.2 Å². The predicted molar refractivity (Wildman–Crippen MR) is 116 cm³/mol. The quantitative estimate of drug-likeness (QED) is 0.645. The predicted octanol–water partition coefficient (Wildman–Crippen LogP) is 2.14. The molecule has 1 heterocycles. The molecule has 1 saturated heterocycles. The maximum atomic E-state index is 12.4. The third-order valence-electron chi connectivity index (χ3n) is 4.92. The van der Waals surface area contributed by atoms with E-state index in [0.29, 0.717) is 12.2 Å². The number of sulfonamides is 1. The summed E-state index contributed by atoms with van der Waals surface area (Å²) in [4.78, 5) is 16.0. The highest BCUT2D eigenvalue weighted by atomic mass is 32.2. The topological polar surface area (TPSA) is 81.7 Å². The molecular weight excluding hydrogens is 388 g/mol. The molecule has 2 aromatic carbocycles. The summed E-state index contributed by atoms with van der Waals surface area (Å²) < 4.78 is 27.5. The van der Waals surface area contributed by atoms with E-state index in [1.807, 2.05) is 6.07 Å². The summed E-state index contributed by atoms with van der Waals surface area (Å²) in [7, 11) is -3.54. The molecule has 156 valence electrons. The van der Waals surface area contributed by atoms with Crippen LogP contribution in [0.4, 0.5) is 11.4 Å². The maximum Gasteiger partial charge on any atom is 0.240 e. The Bertz CT molecular complexity index is 893. The molecule has 0 radical (unpaired) electrons. The number of nitrogens with zero attached hydrogens (tertiary/aromatic N) is 2. The monoisotopic (exact) mass is 416 g/mol. The van der Waals surface area contributed by atoms with Gasteiger partial charge in [0.05, 0.1) is 4.90 Å². The van der Waals surface area contributed by atoms with Gasteiger partial charge < -0.3 is 10.2 Å². The van der Waals surface area contributed by atoms with E-state index in [2.05, 4.69) is 44.1 Å². The molecule has 8 heteroatoms. The minimum atomic E-state index is -3.54. The fourth-order valence-electron chi connectivity index (χ4n) is 3.38. The second kappa shape index (κ2) is 9.87. The summed E-state index contributed by atoms with van der Waals surface area (Å²) in [5.41, 5.74) is 1.83. The van der Waals surface area contributed by atoms with Crippen LogP contribution in [0.5, 0.6) is 0 Å². The summed E-state index contributed by atoms with van der Waals surface area (Å²) in [5.74, 6) is -0.191. The van der Waals surface area contributed by atoms with E-state index in [1.54, 1.807) is 12.1 Å². The van der Waals surface area contributed by atoms with Crippen molar-refractivity contribution in [1.29, 1.82) is 0 Å². The van der Waals surface area contributed by atoms with Gasteiger partial charge in [-0.3, -0.25) is 9.69 Å². The number of amides is 1. The standard InChI is InChI=1S/C21H28N4O3S/c1-18(26)23-19-8-10-21(11-9-19)29(27,28)22-12-5-13-24-14-16-25(17-15-24)20-6-3-2-4-7-20/h2-4,6-11,22H,5,12-17H2,1H3,(H,23,26). The normalized spacial score (nSPS) is 15.3. The van der Waals surface area contributed by atoms with Crippen molar-refractivity contribution < 1.29 is 13.2 Å². The number of para-hydroxylation sites is 1. The average Bonchev–Trinajstić information content (AvgIpc) is 2.72. The molecule has 1 fully saturated rings. The van der Waals surface area contributed by atoms with Crippen molar-refractivity contribution in [3.05, 3.63) is 54.6 Å². The van der Waals surface area contributed by atoms with Crippen LogP contribution in [0, 0.1) is 0 Å². The largest absolute Gasteiger partial charge is 0.369 e. The van der Waals surface area contributed by atoms with E-state index in [-0.39, 0.29) is 10.8 Å². The minimum Gasteiger partial charge on any atom is -0.369 e. The van der Waals surface area contributed by atoms with Gasteiger partial charge >= 0.3 is 0 Å². The van der Waals surface area contributed by atoms with E-state index in [0.717, 1.165) is 39.1 Å². The van der Waals surface area contributed by atoms with Crippen LogP contribution in [0.3, 0.4) is 0 Å². The molecule has 0 saturated carbocycles. The van der Waals surface area contributed by atoms with Gasteiger partial charge in [-0.25, -0.2) is 13.1 Å². The van der Waals surface area contributed by atoms with E-state index in [1.165, 1.54) is 24.7 Å². The van der Waals surface area contributed by atoms with Crippen molar-refractivity contribution >= 4 is 27.3 Å². The van der Waals surface area contributed by atoms with Gasteiger partial charge in [-0.2, -0.15) is 0 Å². The van der Waals surface area contributed by atoms with Gasteiger partial charge in [0.15, 0.2) is 0 Å². The highest BCUT2D eigenvalue weighted by Crippen LogP contribution is 2.16. The van der Waals surface area contributed by atoms with Crippen LogP contribution in [0.15, 0.2) is 59.5 Å². The molecule has 0 unspecified atom stereocenters. The van der Waals surface area contributed by atoms with E-state index < -0.39 is 10.0 Å². The Balaban J connectivity index is 1.39. The van der Waals surface area contributed by atoms with Crippen LogP contribution in [-0.4, -0.2) is 58.5 Å². The molecule has 1 aliphatic heterocycles. The van der Waals surface area contributed by atoms with Crippen LogP contribution < -0.4 is 14.9 Å². The van der Waals surface area contributed by atoms with Gasteiger partial charge in [-0.15, -0.1) is 0 Å². The number of anilines is 2. The third-order valence-corrected chi connectivity index (χ3v) is 6.40. The molecule has 29 heavy (non-hydrogen) atoms. The second-order valence-corrected chi connectivity index (χ2v) is 8.89. The smallest absolute Gasteiger partial charge is 0.240 e. The van der Waals surface area contributed by atoms with Crippen LogP contribution in [-0.2, 0) is 14.8 Å². The average molecular weight is 417 g/mol. The third kappa shape index (κ3) is 6.28. The van der Waals surface area contributed by atoms with Gasteiger partial charge in [0, 0.05) is 51.0 Å². The number of carbonyl (C=O) groups excluding carboxylic acids is 1. The first-order chi connectivity index (χ1) is 13.9. The number of rotatable bonds is 8. The fraction of sp³-hybridized carbons (Fsp3) is 0.381. The minimum absolute atomic E-state index is 0.191. The first-order valence-electron chi connectivity index (χ1n) is 9.84. The highest BCUT2D eigenvalue weighted by molar-refractivity contribution is 7.89. The lowest BCUT2D eigenvalue weighted by atomic mass is 10.2. The van der Waals surface area contributed by atoms with E-state index in [4.69, 9.17) is 0 Å². The molecule has 0 aliphatic carbocycles. The summed E-state index contributed by atoms with van der Waals surface area (Å²) in [6.45, 7) is 6.60. The number of hydrogen-bond acceptors (Lipinski definition) is 5. The van der Waals surface area contributed by atoms with Gasteiger partial charge in [-0.05, 0) is 49.4 Å². The van der Waals surface area contributed by atoms with Crippen LogP contribution in [0.2, 0.25) is 0 Å². The molecule has 2 N–H and O–H groups in total. The van der Waals surface area contributed by atoms with Gasteiger partial charge in [0.1, 0.15) is 0 Å². The summed E-state index contributed by atoms with van der Waals surface area (Å²) in [5, 5.41) is 2.62. The zero-order valence-electron chi connectivity index (χ0n) is 16.7. The molecule has 0 aromatic heterocycles.